The van der Waals surface area contributed by atoms with Gasteiger partial charge in [0, 0.05) is 18.0 Å². The van der Waals surface area contributed by atoms with Gasteiger partial charge in [0.25, 0.3) is 5.56 Å². The lowest BCUT2D eigenvalue weighted by Crippen LogP contribution is -2.32. The Labute approximate surface area is 229 Å². The number of aromatic amines is 1. The summed E-state index contributed by atoms with van der Waals surface area (Å²) < 4.78 is 29.6. The van der Waals surface area contributed by atoms with Crippen molar-refractivity contribution in [3.8, 4) is 17.0 Å². The number of pyridine rings is 2. The number of fused-ring (bicyclic) bond motifs is 1. The van der Waals surface area contributed by atoms with Gasteiger partial charge in [0.2, 0.25) is 0 Å². The van der Waals surface area contributed by atoms with Crippen LogP contribution < -0.4 is 15.6 Å². The Morgan fingerprint density at radius 1 is 1.10 bits per heavy atom. The molecule has 4 aromatic rings. The third kappa shape index (κ3) is 5.55. The van der Waals surface area contributed by atoms with Crippen molar-refractivity contribution < 1.29 is 13.2 Å². The molecule has 0 atom stereocenters. The van der Waals surface area contributed by atoms with Crippen molar-refractivity contribution in [2.75, 3.05) is 38.3 Å². The molecule has 5 rings (SSSR count). The molecule has 3 heterocycles. The third-order valence-corrected chi connectivity index (χ3v) is 8.78. The van der Waals surface area contributed by atoms with Crippen molar-refractivity contribution in [3.05, 3.63) is 76.2 Å². The van der Waals surface area contributed by atoms with Crippen molar-refractivity contribution in [3.63, 3.8) is 0 Å². The molecule has 1 fully saturated rings. The summed E-state index contributed by atoms with van der Waals surface area (Å²) in [6, 6.07) is 14.4. The molecule has 8 nitrogen and oxygen atoms in total. The van der Waals surface area contributed by atoms with E-state index >= 15 is 0 Å². The van der Waals surface area contributed by atoms with E-state index in [0.717, 1.165) is 43.7 Å². The van der Waals surface area contributed by atoms with E-state index in [1.54, 1.807) is 37.6 Å². The first-order chi connectivity index (χ1) is 18.7. The minimum Gasteiger partial charge on any atom is -0.495 e. The Balaban J connectivity index is 1.55. The van der Waals surface area contributed by atoms with Crippen LogP contribution in [0.25, 0.3) is 22.0 Å². The first-order valence-electron chi connectivity index (χ1n) is 13.2. The van der Waals surface area contributed by atoms with Gasteiger partial charge < -0.3 is 19.9 Å². The first-order valence-corrected chi connectivity index (χ1v) is 15.1. The minimum atomic E-state index is -3.31. The second kappa shape index (κ2) is 10.8. The van der Waals surface area contributed by atoms with E-state index < -0.39 is 9.84 Å². The molecule has 0 unspecified atom stereocenters. The number of benzene rings is 2. The monoisotopic (exact) mass is 546 g/mol. The number of piperidine rings is 1. The Morgan fingerprint density at radius 2 is 1.82 bits per heavy atom. The minimum absolute atomic E-state index is 0.238. The number of rotatable bonds is 7. The third-order valence-electron chi connectivity index (χ3n) is 7.65. The van der Waals surface area contributed by atoms with E-state index in [4.69, 9.17) is 9.72 Å². The maximum absolute atomic E-state index is 12.9. The molecule has 39 heavy (non-hydrogen) atoms. The zero-order valence-electron chi connectivity index (χ0n) is 22.7. The Morgan fingerprint density at radius 3 is 2.46 bits per heavy atom. The maximum Gasteiger partial charge on any atom is 0.259 e. The molecule has 204 valence electrons. The van der Waals surface area contributed by atoms with Gasteiger partial charge in [0.05, 0.1) is 28.8 Å². The lowest BCUT2D eigenvalue weighted by molar-refractivity contribution is 0.222. The Kier molecular flexibility index (Phi) is 7.46. The molecule has 0 aliphatic carbocycles. The normalized spacial score (nSPS) is 15.0. The number of nitrogens with one attached hydrogen (secondary N) is 2. The summed E-state index contributed by atoms with van der Waals surface area (Å²) >= 11 is 0. The van der Waals surface area contributed by atoms with E-state index in [1.165, 1.54) is 17.4 Å². The summed E-state index contributed by atoms with van der Waals surface area (Å²) in [6.45, 7) is 7.60. The van der Waals surface area contributed by atoms with Crippen molar-refractivity contribution in [1.29, 1.82) is 0 Å². The van der Waals surface area contributed by atoms with E-state index in [9.17, 15) is 13.2 Å². The molecular formula is C30H34N4O4S. The summed E-state index contributed by atoms with van der Waals surface area (Å²) in [5, 5.41) is 4.53. The molecule has 2 aromatic carbocycles. The fourth-order valence-corrected chi connectivity index (χ4v) is 6.05. The fourth-order valence-electron chi connectivity index (χ4n) is 5.42. The van der Waals surface area contributed by atoms with Crippen LogP contribution in [-0.2, 0) is 9.84 Å². The number of aromatic nitrogens is 2. The topological polar surface area (TPSA) is 104 Å². The van der Waals surface area contributed by atoms with E-state index in [1.807, 2.05) is 12.1 Å². The summed E-state index contributed by atoms with van der Waals surface area (Å²) in [5.74, 6) is 1.58. The summed E-state index contributed by atoms with van der Waals surface area (Å²) in [7, 11) is -1.66. The fraction of sp³-hybridized carbons (Fsp3) is 0.333. The number of hydrogen-bond acceptors (Lipinski definition) is 7. The predicted octanol–water partition coefficient (Wildman–Crippen LogP) is 5.25. The molecule has 9 heteroatoms. The maximum atomic E-state index is 12.9. The van der Waals surface area contributed by atoms with Gasteiger partial charge in [-0.1, -0.05) is 19.1 Å². The highest BCUT2D eigenvalue weighted by Crippen LogP contribution is 2.38. The van der Waals surface area contributed by atoms with Gasteiger partial charge in [-0.15, -0.1) is 0 Å². The zero-order valence-corrected chi connectivity index (χ0v) is 23.6. The van der Waals surface area contributed by atoms with Gasteiger partial charge in [0.1, 0.15) is 11.6 Å². The van der Waals surface area contributed by atoms with E-state index in [-0.39, 0.29) is 10.5 Å². The number of nitrogens with zero attached hydrogens (tertiary/aromatic N) is 2. The molecular weight excluding hydrogens is 512 g/mol. The average Bonchev–Trinajstić information content (AvgIpc) is 2.93. The second-order valence-corrected chi connectivity index (χ2v) is 12.2. The molecule has 0 saturated carbocycles. The number of methoxy groups -OCH3 is 1. The van der Waals surface area contributed by atoms with Crippen LogP contribution in [0.1, 0.15) is 36.8 Å². The Hall–Kier alpha value is -3.69. The van der Waals surface area contributed by atoms with Gasteiger partial charge in [-0.2, -0.15) is 0 Å². The lowest BCUT2D eigenvalue weighted by Gasteiger charge is -2.32. The lowest BCUT2D eigenvalue weighted by atomic mass is 9.86. The van der Waals surface area contributed by atoms with E-state index in [2.05, 4.69) is 41.2 Å². The van der Waals surface area contributed by atoms with Crippen LogP contribution in [0.3, 0.4) is 0 Å². The molecule has 0 radical (unpaired) electrons. The highest BCUT2D eigenvalue weighted by molar-refractivity contribution is 7.90. The zero-order chi connectivity index (χ0) is 27.7. The quantitative estimate of drug-likeness (QED) is 0.326. The number of anilines is 2. The van der Waals surface area contributed by atoms with Crippen LogP contribution in [0.5, 0.6) is 5.75 Å². The van der Waals surface area contributed by atoms with Crippen LogP contribution in [0.4, 0.5) is 11.5 Å². The van der Waals surface area contributed by atoms with Crippen molar-refractivity contribution in [1.82, 2.24) is 14.9 Å². The van der Waals surface area contributed by atoms with Crippen LogP contribution in [-0.4, -0.2) is 56.3 Å². The molecule has 0 bridgehead atoms. The van der Waals surface area contributed by atoms with Gasteiger partial charge in [-0.3, -0.25) is 4.79 Å². The number of ether oxygens (including phenoxy) is 1. The van der Waals surface area contributed by atoms with E-state index in [0.29, 0.717) is 34.0 Å². The summed E-state index contributed by atoms with van der Waals surface area (Å²) in [4.78, 5) is 23.2. The van der Waals surface area contributed by atoms with Crippen LogP contribution in [0, 0.1) is 6.92 Å². The largest absolute Gasteiger partial charge is 0.495 e. The number of H-pyrrole nitrogens is 1. The number of likely N-dealkylation sites (tertiary alicyclic amines) is 1. The van der Waals surface area contributed by atoms with Crippen molar-refractivity contribution in [2.45, 2.75) is 37.5 Å². The number of aryl methyl sites for hydroxylation is 1. The molecule has 1 aliphatic rings. The predicted molar refractivity (Wildman–Crippen MR) is 156 cm³/mol. The summed E-state index contributed by atoms with van der Waals surface area (Å²) in [5.41, 5.74) is 4.29. The van der Waals surface area contributed by atoms with Gasteiger partial charge in [0.15, 0.2) is 9.84 Å². The Bertz CT molecular complexity index is 1670. The van der Waals surface area contributed by atoms with Crippen molar-refractivity contribution in [2.24, 2.45) is 0 Å². The highest BCUT2D eigenvalue weighted by atomic mass is 32.2. The molecule has 1 aliphatic heterocycles. The molecule has 2 N–H and O–H groups in total. The number of sulfone groups is 1. The summed E-state index contributed by atoms with van der Waals surface area (Å²) in [6.07, 6.45) is 5.02. The second-order valence-electron chi connectivity index (χ2n) is 10.2. The SMILES string of the molecule is CCN1CCC(c2cc(OC)c(Nc3nc(-c4ccc(S(C)(=O)=O)cc4)cc4cc[nH]c(=O)c34)cc2C)CC1. The van der Waals surface area contributed by atoms with Crippen LogP contribution in [0.2, 0.25) is 0 Å². The highest BCUT2D eigenvalue weighted by Gasteiger charge is 2.23. The van der Waals surface area contributed by atoms with Crippen LogP contribution in [0.15, 0.2) is 64.4 Å². The number of hydrogen-bond donors (Lipinski definition) is 2. The molecule has 2 aromatic heterocycles. The van der Waals surface area contributed by atoms with Crippen LogP contribution >= 0.6 is 0 Å². The molecule has 1 saturated heterocycles. The van der Waals surface area contributed by atoms with Crippen molar-refractivity contribution >= 4 is 32.1 Å². The van der Waals surface area contributed by atoms with Gasteiger partial charge in [-0.05, 0) is 98.2 Å². The molecule has 0 spiro atoms. The van der Waals surface area contributed by atoms with Gasteiger partial charge >= 0.3 is 0 Å². The average molecular weight is 547 g/mol. The standard InChI is InChI=1S/C30H34N4O4S/c1-5-34-14-11-20(12-15-34)24-18-27(38-3)26(16-19(24)2)33-29-28-22(10-13-31-30(28)35)17-25(32-29)21-6-8-23(9-7-21)39(4,36)37/h6-10,13,16-18,20H,5,11-12,14-15H2,1-4H3,(H,31,35)(H,32,33). The molecule has 0 amide bonds. The smallest absolute Gasteiger partial charge is 0.259 e. The first kappa shape index (κ1) is 26.9. The van der Waals surface area contributed by atoms with Gasteiger partial charge in [-0.25, -0.2) is 13.4 Å².